The highest BCUT2D eigenvalue weighted by Crippen LogP contribution is 2.15. The van der Waals surface area contributed by atoms with Gasteiger partial charge in [-0.3, -0.25) is 0 Å². The van der Waals surface area contributed by atoms with Crippen LogP contribution in [-0.4, -0.2) is 20.1 Å². The van der Waals surface area contributed by atoms with Crippen LogP contribution in [0.2, 0.25) is 0 Å². The molecule has 2 aromatic carbocycles. The Hall–Kier alpha value is -1.85. The van der Waals surface area contributed by atoms with Gasteiger partial charge in [0.25, 0.3) is 0 Å². The van der Waals surface area contributed by atoms with Crippen molar-refractivity contribution in [2.75, 3.05) is 6.54 Å². The predicted octanol–water partition coefficient (Wildman–Crippen LogP) is 2.92. The summed E-state index contributed by atoms with van der Waals surface area (Å²) < 4.78 is 27.0. The first-order chi connectivity index (χ1) is 10.4. The summed E-state index contributed by atoms with van der Waals surface area (Å²) >= 11 is 0. The molecule has 0 amide bonds. The first-order valence-electron chi connectivity index (χ1n) is 7.23. The lowest BCUT2D eigenvalue weighted by Crippen LogP contribution is -2.25. The number of aryl methyl sites for hydroxylation is 3. The molecule has 2 rings (SSSR count). The van der Waals surface area contributed by atoms with E-state index >= 15 is 0 Å². The monoisotopic (exact) mass is 319 g/mol. The molecule has 0 bridgehead atoms. The number of nitrogens with one attached hydrogen (secondary N) is 1. The lowest BCUT2D eigenvalue weighted by Gasteiger charge is -2.09. The molecule has 0 aliphatic heterocycles. The van der Waals surface area contributed by atoms with Gasteiger partial charge in [0.1, 0.15) is 5.75 Å². The first kappa shape index (κ1) is 16.5. The normalized spacial score (nSPS) is 11.5. The Morgan fingerprint density at radius 1 is 1.00 bits per heavy atom. The molecule has 0 saturated heterocycles. The quantitative estimate of drug-likeness (QED) is 0.805. The summed E-state index contributed by atoms with van der Waals surface area (Å²) in [6.07, 6.45) is 1.46. The third-order valence-corrected chi connectivity index (χ3v) is 5.12. The summed E-state index contributed by atoms with van der Waals surface area (Å²) in [6, 6.07) is 12.1. The highest BCUT2D eigenvalue weighted by Gasteiger charge is 2.13. The van der Waals surface area contributed by atoms with Gasteiger partial charge in [0, 0.05) is 6.54 Å². The van der Waals surface area contributed by atoms with Crippen LogP contribution < -0.4 is 4.72 Å². The van der Waals surface area contributed by atoms with Gasteiger partial charge < -0.3 is 5.11 Å². The van der Waals surface area contributed by atoms with Gasteiger partial charge in [-0.1, -0.05) is 18.2 Å². The third kappa shape index (κ3) is 4.32. The molecule has 22 heavy (non-hydrogen) atoms. The van der Waals surface area contributed by atoms with Crippen LogP contribution in [0.5, 0.6) is 5.75 Å². The van der Waals surface area contributed by atoms with E-state index in [1.165, 1.54) is 0 Å². The minimum atomic E-state index is -3.45. The fraction of sp³-hybridized carbons (Fsp3) is 0.294. The zero-order valence-electron chi connectivity index (χ0n) is 12.8. The average Bonchev–Trinajstić information content (AvgIpc) is 2.48. The van der Waals surface area contributed by atoms with Crippen LogP contribution >= 0.6 is 0 Å². The first-order valence-corrected chi connectivity index (χ1v) is 8.71. The topological polar surface area (TPSA) is 66.4 Å². The van der Waals surface area contributed by atoms with Crippen molar-refractivity contribution in [3.63, 3.8) is 0 Å². The van der Waals surface area contributed by atoms with Crippen molar-refractivity contribution in [1.29, 1.82) is 0 Å². The van der Waals surface area contributed by atoms with Crippen LogP contribution in [0.25, 0.3) is 0 Å². The minimum absolute atomic E-state index is 0.235. The van der Waals surface area contributed by atoms with Gasteiger partial charge in [0.2, 0.25) is 10.0 Å². The van der Waals surface area contributed by atoms with E-state index in [0.717, 1.165) is 23.1 Å². The van der Waals surface area contributed by atoms with Crippen LogP contribution in [0.4, 0.5) is 0 Å². The summed E-state index contributed by atoms with van der Waals surface area (Å²) in [4.78, 5) is 0.306. The standard InChI is InChI=1S/C17H21NO3S/c1-13-5-10-17(12-14(13)2)22(20,21)18-11-3-4-15-6-8-16(19)9-7-15/h5-10,12,18-19H,3-4,11H2,1-2H3. The van der Waals surface area contributed by atoms with Gasteiger partial charge in [-0.25, -0.2) is 13.1 Å². The Morgan fingerprint density at radius 3 is 2.32 bits per heavy atom. The number of hydrogen-bond acceptors (Lipinski definition) is 3. The molecule has 0 fully saturated rings. The van der Waals surface area contributed by atoms with E-state index in [2.05, 4.69) is 4.72 Å². The molecular weight excluding hydrogens is 298 g/mol. The van der Waals surface area contributed by atoms with E-state index in [4.69, 9.17) is 0 Å². The van der Waals surface area contributed by atoms with E-state index in [0.29, 0.717) is 17.9 Å². The van der Waals surface area contributed by atoms with Crippen LogP contribution in [0.3, 0.4) is 0 Å². The fourth-order valence-corrected chi connectivity index (χ4v) is 3.28. The van der Waals surface area contributed by atoms with E-state index in [-0.39, 0.29) is 5.75 Å². The van der Waals surface area contributed by atoms with Crippen LogP contribution in [0.1, 0.15) is 23.1 Å². The SMILES string of the molecule is Cc1ccc(S(=O)(=O)NCCCc2ccc(O)cc2)cc1C. The summed E-state index contributed by atoms with van der Waals surface area (Å²) in [7, 11) is -3.45. The largest absolute Gasteiger partial charge is 0.508 e. The second kappa shape index (κ2) is 6.94. The number of aromatic hydroxyl groups is 1. The van der Waals surface area contributed by atoms with Crippen LogP contribution in [-0.2, 0) is 16.4 Å². The number of phenols is 1. The second-order valence-corrected chi connectivity index (χ2v) is 7.18. The minimum Gasteiger partial charge on any atom is -0.508 e. The number of phenolic OH excluding ortho intramolecular Hbond substituents is 1. The number of sulfonamides is 1. The maximum absolute atomic E-state index is 12.2. The summed E-state index contributed by atoms with van der Waals surface area (Å²) in [6.45, 7) is 4.24. The average molecular weight is 319 g/mol. The van der Waals surface area contributed by atoms with Crippen molar-refractivity contribution < 1.29 is 13.5 Å². The number of rotatable bonds is 6. The Morgan fingerprint density at radius 2 is 1.68 bits per heavy atom. The zero-order valence-corrected chi connectivity index (χ0v) is 13.7. The molecule has 0 aliphatic rings. The van der Waals surface area contributed by atoms with Gasteiger partial charge in [-0.15, -0.1) is 0 Å². The molecule has 0 spiro atoms. The van der Waals surface area contributed by atoms with Crippen molar-refractivity contribution in [3.05, 3.63) is 59.2 Å². The van der Waals surface area contributed by atoms with Crippen molar-refractivity contribution in [2.24, 2.45) is 0 Å². The molecule has 4 nitrogen and oxygen atoms in total. The van der Waals surface area contributed by atoms with E-state index in [9.17, 15) is 13.5 Å². The highest BCUT2D eigenvalue weighted by molar-refractivity contribution is 7.89. The third-order valence-electron chi connectivity index (χ3n) is 3.66. The molecule has 0 heterocycles. The summed E-state index contributed by atoms with van der Waals surface area (Å²) in [5.74, 6) is 0.235. The van der Waals surface area contributed by atoms with Gasteiger partial charge >= 0.3 is 0 Å². The Kier molecular flexibility index (Phi) is 5.21. The smallest absolute Gasteiger partial charge is 0.240 e. The lowest BCUT2D eigenvalue weighted by molar-refractivity contribution is 0.475. The van der Waals surface area contributed by atoms with Crippen molar-refractivity contribution >= 4 is 10.0 Å². The maximum atomic E-state index is 12.2. The molecule has 0 atom stereocenters. The zero-order chi connectivity index (χ0) is 16.2. The van der Waals surface area contributed by atoms with Gasteiger partial charge in [0.05, 0.1) is 4.90 Å². The molecule has 0 radical (unpaired) electrons. The molecule has 0 saturated carbocycles. The molecule has 5 heteroatoms. The fourth-order valence-electron chi connectivity index (χ4n) is 2.13. The molecule has 2 aromatic rings. The van der Waals surface area contributed by atoms with Crippen LogP contribution in [0, 0.1) is 13.8 Å². The molecule has 0 unspecified atom stereocenters. The number of hydrogen-bond donors (Lipinski definition) is 2. The molecular formula is C17H21NO3S. The summed E-state index contributed by atoms with van der Waals surface area (Å²) in [5.41, 5.74) is 3.11. The summed E-state index contributed by atoms with van der Waals surface area (Å²) in [5, 5.41) is 9.21. The van der Waals surface area contributed by atoms with Gasteiger partial charge in [0.15, 0.2) is 0 Å². The Bertz CT molecular complexity index is 737. The van der Waals surface area contributed by atoms with Crippen molar-refractivity contribution in [3.8, 4) is 5.75 Å². The van der Waals surface area contributed by atoms with Crippen molar-refractivity contribution in [1.82, 2.24) is 4.72 Å². The second-order valence-electron chi connectivity index (χ2n) is 5.41. The van der Waals surface area contributed by atoms with E-state index < -0.39 is 10.0 Å². The maximum Gasteiger partial charge on any atom is 0.240 e. The van der Waals surface area contributed by atoms with E-state index in [1.807, 2.05) is 32.0 Å². The number of benzene rings is 2. The Labute approximate surface area is 131 Å². The van der Waals surface area contributed by atoms with Gasteiger partial charge in [-0.2, -0.15) is 0 Å². The van der Waals surface area contributed by atoms with E-state index in [1.54, 1.807) is 24.3 Å². The van der Waals surface area contributed by atoms with Crippen molar-refractivity contribution in [2.45, 2.75) is 31.6 Å². The molecule has 0 aromatic heterocycles. The Balaban J connectivity index is 1.89. The molecule has 2 N–H and O–H groups in total. The predicted molar refractivity (Wildman–Crippen MR) is 87.5 cm³/mol. The van der Waals surface area contributed by atoms with Crippen LogP contribution in [0.15, 0.2) is 47.4 Å². The highest BCUT2D eigenvalue weighted by atomic mass is 32.2. The molecule has 118 valence electrons. The molecule has 0 aliphatic carbocycles. The van der Waals surface area contributed by atoms with Gasteiger partial charge in [-0.05, 0) is 67.6 Å². The lowest BCUT2D eigenvalue weighted by atomic mass is 10.1.